The summed E-state index contributed by atoms with van der Waals surface area (Å²) in [6.07, 6.45) is 0.781. The van der Waals surface area contributed by atoms with Gasteiger partial charge in [-0.3, -0.25) is 5.32 Å². The summed E-state index contributed by atoms with van der Waals surface area (Å²) < 4.78 is 10.6. The first-order chi connectivity index (χ1) is 18.6. The summed E-state index contributed by atoms with van der Waals surface area (Å²) >= 11 is 0. The summed E-state index contributed by atoms with van der Waals surface area (Å²) in [5, 5.41) is 15.9. The molecule has 0 radical (unpaired) electrons. The number of urea groups is 1. The summed E-state index contributed by atoms with van der Waals surface area (Å²) in [7, 11) is 1.59. The maximum atomic E-state index is 12.3. The van der Waals surface area contributed by atoms with Gasteiger partial charge in [-0.1, -0.05) is 51.6 Å². The molecule has 2 aromatic carbocycles. The van der Waals surface area contributed by atoms with Gasteiger partial charge in [0.25, 0.3) is 0 Å². The summed E-state index contributed by atoms with van der Waals surface area (Å²) in [6, 6.07) is 18.2. The zero-order valence-electron chi connectivity index (χ0n) is 22.8. The Kier molecular flexibility index (Phi) is 8.14. The second kappa shape index (κ2) is 11.7. The van der Waals surface area contributed by atoms with Crippen LogP contribution in [0.3, 0.4) is 0 Å². The van der Waals surface area contributed by atoms with Gasteiger partial charge < -0.3 is 25.2 Å². The minimum atomic E-state index is -0.409. The first-order valence-electron chi connectivity index (χ1n) is 12.5. The van der Waals surface area contributed by atoms with Gasteiger partial charge in [-0.05, 0) is 48.4 Å². The Bertz CT molecular complexity index is 1420. The highest BCUT2D eigenvalue weighted by molar-refractivity contribution is 5.99. The number of hydrogen-bond donors (Lipinski definition) is 4. The predicted octanol–water partition coefficient (Wildman–Crippen LogP) is 6.80. The first kappa shape index (κ1) is 27.2. The smallest absolute Gasteiger partial charge is 0.324 e. The highest BCUT2D eigenvalue weighted by Crippen LogP contribution is 2.25. The molecule has 2 amide bonds. The number of anilines is 5. The fourth-order valence-corrected chi connectivity index (χ4v) is 3.55. The van der Waals surface area contributed by atoms with Crippen LogP contribution in [0.25, 0.3) is 5.70 Å². The van der Waals surface area contributed by atoms with Crippen LogP contribution < -0.4 is 26.0 Å². The zero-order valence-corrected chi connectivity index (χ0v) is 22.8. The molecule has 0 atom stereocenters. The van der Waals surface area contributed by atoms with Crippen LogP contribution >= 0.6 is 0 Å². The van der Waals surface area contributed by atoms with Crippen molar-refractivity contribution >= 4 is 40.6 Å². The molecule has 2 heterocycles. The average molecular weight is 528 g/mol. The number of rotatable bonds is 9. The monoisotopic (exact) mass is 527 g/mol. The number of aromatic nitrogens is 3. The van der Waals surface area contributed by atoms with Crippen molar-refractivity contribution in [1.29, 1.82) is 0 Å². The molecular weight excluding hydrogens is 494 g/mol. The Hall–Kier alpha value is -4.86. The molecule has 0 unspecified atom stereocenters. The van der Waals surface area contributed by atoms with Crippen molar-refractivity contribution in [3.63, 3.8) is 0 Å². The molecule has 0 saturated heterocycles. The Labute approximate surface area is 227 Å². The molecule has 4 rings (SSSR count). The van der Waals surface area contributed by atoms with E-state index in [1.807, 2.05) is 70.2 Å². The molecular formula is C29H33N7O3. The maximum Gasteiger partial charge on any atom is 0.324 e. The highest BCUT2D eigenvalue weighted by atomic mass is 16.5. The second-order valence-corrected chi connectivity index (χ2v) is 9.87. The van der Waals surface area contributed by atoms with Crippen LogP contribution in [0.5, 0.6) is 5.88 Å². The van der Waals surface area contributed by atoms with Gasteiger partial charge in [0.05, 0.1) is 7.11 Å². The molecule has 2 aromatic heterocycles. The SMILES string of the molecule is C=C(Nc1ccc(NC(=O)Nc2cc(C(C)(C)C)on2)cc1)c1ccc(Nc2nc(CC)cc(OC)n2)cc1. The predicted molar refractivity (Wildman–Crippen MR) is 155 cm³/mol. The number of nitrogens with zero attached hydrogens (tertiary/aromatic N) is 3. The van der Waals surface area contributed by atoms with E-state index in [9.17, 15) is 4.79 Å². The van der Waals surface area contributed by atoms with Crippen LogP contribution in [0.1, 0.15) is 44.7 Å². The van der Waals surface area contributed by atoms with E-state index < -0.39 is 6.03 Å². The number of aryl methyl sites for hydroxylation is 1. The van der Waals surface area contributed by atoms with E-state index in [0.717, 1.165) is 34.8 Å². The number of hydrogen-bond acceptors (Lipinski definition) is 8. The Morgan fingerprint density at radius 3 is 2.15 bits per heavy atom. The van der Waals surface area contributed by atoms with E-state index in [1.165, 1.54) is 0 Å². The largest absolute Gasteiger partial charge is 0.481 e. The normalized spacial score (nSPS) is 11.0. The molecule has 10 nitrogen and oxygen atoms in total. The number of benzene rings is 2. The van der Waals surface area contributed by atoms with Gasteiger partial charge in [0, 0.05) is 46.0 Å². The van der Waals surface area contributed by atoms with Gasteiger partial charge in [0.2, 0.25) is 11.8 Å². The summed E-state index contributed by atoms with van der Waals surface area (Å²) in [6.45, 7) is 12.2. The van der Waals surface area contributed by atoms with Crippen molar-refractivity contribution in [2.75, 3.05) is 28.4 Å². The quantitative estimate of drug-likeness (QED) is 0.187. The van der Waals surface area contributed by atoms with E-state index in [2.05, 4.69) is 43.0 Å². The minimum absolute atomic E-state index is 0.195. The topological polar surface area (TPSA) is 126 Å². The fourth-order valence-electron chi connectivity index (χ4n) is 3.55. The lowest BCUT2D eigenvalue weighted by atomic mass is 9.93. The number of nitrogens with one attached hydrogen (secondary N) is 4. The third-order valence-electron chi connectivity index (χ3n) is 5.75. The van der Waals surface area contributed by atoms with Crippen molar-refractivity contribution in [3.8, 4) is 5.88 Å². The Morgan fingerprint density at radius 1 is 0.923 bits per heavy atom. The van der Waals surface area contributed by atoms with Crippen molar-refractivity contribution in [1.82, 2.24) is 15.1 Å². The molecule has 10 heteroatoms. The van der Waals surface area contributed by atoms with Gasteiger partial charge in [-0.15, -0.1) is 0 Å². The minimum Gasteiger partial charge on any atom is -0.481 e. The van der Waals surface area contributed by atoms with Gasteiger partial charge in [0.15, 0.2) is 5.82 Å². The molecule has 202 valence electrons. The molecule has 39 heavy (non-hydrogen) atoms. The van der Waals surface area contributed by atoms with Crippen molar-refractivity contribution in [2.24, 2.45) is 0 Å². The molecule has 4 N–H and O–H groups in total. The standard InChI is InChI=1S/C29H33N7O3/c1-7-20-16-26(38-6)35-27(31-20)32-22-10-8-19(9-11-22)18(2)30-21-12-14-23(15-13-21)33-28(37)34-25-17-24(39-36-25)29(3,4)5/h8-17,30H,2,7H2,1,3-6H3,(H,31,32,35)(H2,33,34,36,37). The zero-order chi connectivity index (χ0) is 28.0. The number of carbonyl (C=O) groups excluding carboxylic acids is 1. The average Bonchev–Trinajstić information content (AvgIpc) is 3.39. The number of methoxy groups -OCH3 is 1. The van der Waals surface area contributed by atoms with Crippen LogP contribution in [0, 0.1) is 0 Å². The number of carbonyl (C=O) groups is 1. The van der Waals surface area contributed by atoms with Gasteiger partial charge in [-0.25, -0.2) is 9.78 Å². The lowest BCUT2D eigenvalue weighted by molar-refractivity contribution is 0.262. The van der Waals surface area contributed by atoms with E-state index in [0.29, 0.717) is 29.1 Å². The number of ether oxygens (including phenoxy) is 1. The lowest BCUT2D eigenvalue weighted by Crippen LogP contribution is -2.19. The van der Waals surface area contributed by atoms with Crippen LogP contribution in [0.2, 0.25) is 0 Å². The van der Waals surface area contributed by atoms with Crippen LogP contribution in [0.15, 0.2) is 71.8 Å². The fraction of sp³-hybridized carbons (Fsp3) is 0.241. The second-order valence-electron chi connectivity index (χ2n) is 9.87. The van der Waals surface area contributed by atoms with E-state index in [1.54, 1.807) is 25.3 Å². The van der Waals surface area contributed by atoms with Gasteiger partial charge in [0.1, 0.15) is 5.76 Å². The lowest BCUT2D eigenvalue weighted by Gasteiger charge is -2.12. The maximum absolute atomic E-state index is 12.3. The Balaban J connectivity index is 1.31. The molecule has 0 saturated carbocycles. The van der Waals surface area contributed by atoms with E-state index >= 15 is 0 Å². The molecule has 0 fully saturated rings. The highest BCUT2D eigenvalue weighted by Gasteiger charge is 2.20. The van der Waals surface area contributed by atoms with Crippen molar-refractivity contribution in [2.45, 2.75) is 39.5 Å². The first-order valence-corrected chi connectivity index (χ1v) is 12.5. The van der Waals surface area contributed by atoms with Crippen molar-refractivity contribution < 1.29 is 14.1 Å². The summed E-state index contributed by atoms with van der Waals surface area (Å²) in [5.74, 6) is 2.05. The van der Waals surface area contributed by atoms with E-state index in [4.69, 9.17) is 9.26 Å². The third kappa shape index (κ3) is 7.35. The van der Waals surface area contributed by atoms with Crippen LogP contribution in [-0.2, 0) is 11.8 Å². The third-order valence-corrected chi connectivity index (χ3v) is 5.75. The Morgan fingerprint density at radius 2 is 1.56 bits per heavy atom. The molecule has 0 spiro atoms. The van der Waals surface area contributed by atoms with Gasteiger partial charge in [-0.2, -0.15) is 4.98 Å². The molecule has 0 aliphatic rings. The van der Waals surface area contributed by atoms with Crippen molar-refractivity contribution in [3.05, 3.63) is 84.3 Å². The van der Waals surface area contributed by atoms with Crippen LogP contribution in [0.4, 0.5) is 33.6 Å². The summed E-state index contributed by atoms with van der Waals surface area (Å²) in [5.41, 5.74) is 4.65. The molecule has 0 aliphatic carbocycles. The van der Waals surface area contributed by atoms with E-state index in [-0.39, 0.29) is 5.41 Å². The molecule has 0 bridgehead atoms. The molecule has 4 aromatic rings. The molecule has 0 aliphatic heterocycles. The van der Waals surface area contributed by atoms with Gasteiger partial charge >= 0.3 is 6.03 Å². The number of amides is 2. The summed E-state index contributed by atoms with van der Waals surface area (Å²) in [4.78, 5) is 21.2. The van der Waals surface area contributed by atoms with Crippen LogP contribution in [-0.4, -0.2) is 28.3 Å².